The molecular weight excluding hydrogens is 164 g/mol. The van der Waals surface area contributed by atoms with E-state index < -0.39 is 0 Å². The second-order valence-corrected chi connectivity index (χ2v) is 3.62. The van der Waals surface area contributed by atoms with Crippen LogP contribution in [0.4, 0.5) is 0 Å². The van der Waals surface area contributed by atoms with Gasteiger partial charge in [0.1, 0.15) is 0 Å². The maximum absolute atomic E-state index is 5.29. The number of hydrogen-bond acceptors (Lipinski definition) is 4. The van der Waals surface area contributed by atoms with Crippen molar-refractivity contribution in [2.24, 2.45) is 11.5 Å². The van der Waals surface area contributed by atoms with Crippen LogP contribution in [0.3, 0.4) is 0 Å². The molecule has 0 amide bonds. The van der Waals surface area contributed by atoms with Gasteiger partial charge in [0, 0.05) is 24.6 Å². The predicted molar refractivity (Wildman–Crippen MR) is 52.2 cm³/mol. The Morgan fingerprint density at radius 2 is 1.30 bits per heavy atom. The zero-order valence-electron chi connectivity index (χ0n) is 5.95. The smallest absolute Gasteiger partial charge is 0.00975 e. The van der Waals surface area contributed by atoms with Crippen molar-refractivity contribution in [1.82, 2.24) is 0 Å². The van der Waals surface area contributed by atoms with Crippen molar-refractivity contribution in [1.29, 1.82) is 0 Å². The minimum Gasteiger partial charge on any atom is -0.330 e. The molecule has 0 radical (unpaired) electrons. The lowest BCUT2D eigenvalue weighted by Gasteiger charge is -1.89. The van der Waals surface area contributed by atoms with Crippen molar-refractivity contribution in [3.8, 4) is 0 Å². The number of hydrogen-bond donors (Lipinski definition) is 2. The molecule has 60 valence electrons. The van der Waals surface area contributed by atoms with Gasteiger partial charge >= 0.3 is 0 Å². The van der Waals surface area contributed by atoms with Gasteiger partial charge in [-0.25, -0.2) is 0 Å². The second kappa shape index (κ2) is 9.36. The highest BCUT2D eigenvalue weighted by Gasteiger charge is 1.79. The lowest BCUT2D eigenvalue weighted by atomic mass is 10.8. The van der Waals surface area contributed by atoms with Gasteiger partial charge in [0.2, 0.25) is 0 Å². The summed E-state index contributed by atoms with van der Waals surface area (Å²) < 4.78 is 0. The Morgan fingerprint density at radius 3 is 1.60 bits per heavy atom. The zero-order valence-corrected chi connectivity index (χ0v) is 7.59. The molecule has 0 saturated heterocycles. The molecule has 0 heterocycles. The summed E-state index contributed by atoms with van der Waals surface area (Å²) >= 11 is 3.47. The molecule has 10 heavy (non-hydrogen) atoms. The zero-order chi connectivity index (χ0) is 7.66. The predicted octanol–water partition coefficient (Wildman–Crippen LogP) is 0.841. The Hall–Kier alpha value is 0.360. The Labute approximate surface area is 70.8 Å². The third-order valence-electron chi connectivity index (χ3n) is 0.719. The lowest BCUT2D eigenvalue weighted by molar-refractivity contribution is 1.15. The number of thioether (sulfide) groups is 2. The number of rotatable bonds is 6. The first-order valence-corrected chi connectivity index (χ1v) is 5.30. The van der Waals surface area contributed by atoms with E-state index in [0.717, 1.165) is 24.6 Å². The van der Waals surface area contributed by atoms with Gasteiger partial charge in [0.05, 0.1) is 0 Å². The van der Waals surface area contributed by atoms with Crippen molar-refractivity contribution in [2.75, 3.05) is 24.6 Å². The van der Waals surface area contributed by atoms with E-state index in [1.54, 1.807) is 23.5 Å². The Balaban J connectivity index is 2.89. The highest BCUT2D eigenvalue weighted by molar-refractivity contribution is 8.05. The molecule has 0 spiro atoms. The molecule has 0 bridgehead atoms. The molecule has 0 aromatic heterocycles. The molecule has 0 saturated carbocycles. The van der Waals surface area contributed by atoms with Crippen molar-refractivity contribution in [3.63, 3.8) is 0 Å². The van der Waals surface area contributed by atoms with Gasteiger partial charge in [0.25, 0.3) is 0 Å². The van der Waals surface area contributed by atoms with Crippen LogP contribution in [0.1, 0.15) is 0 Å². The van der Waals surface area contributed by atoms with Crippen LogP contribution in [-0.4, -0.2) is 24.6 Å². The third kappa shape index (κ3) is 8.36. The van der Waals surface area contributed by atoms with Gasteiger partial charge in [-0.05, 0) is 10.8 Å². The van der Waals surface area contributed by atoms with Crippen LogP contribution in [0, 0.1) is 0 Å². The maximum atomic E-state index is 5.29. The molecule has 0 aliphatic rings. The Kier molecular flexibility index (Phi) is 9.70. The van der Waals surface area contributed by atoms with Gasteiger partial charge in [0.15, 0.2) is 0 Å². The minimum absolute atomic E-state index is 0.747. The largest absolute Gasteiger partial charge is 0.330 e. The quantitative estimate of drug-likeness (QED) is 0.592. The van der Waals surface area contributed by atoms with Crippen molar-refractivity contribution < 1.29 is 0 Å². The highest BCUT2D eigenvalue weighted by atomic mass is 32.2. The molecule has 0 aromatic carbocycles. The van der Waals surface area contributed by atoms with Crippen LogP contribution in [0.25, 0.3) is 0 Å². The van der Waals surface area contributed by atoms with Crippen LogP contribution in [0.2, 0.25) is 0 Å². The summed E-state index contributed by atoms with van der Waals surface area (Å²) in [6.45, 7) is 1.49. The standard InChI is InChI=1S/C6H14N2S2/c7-1-3-9-5-6-10-4-2-8/h5-6H,1-4,7-8H2/b6-5+. The number of nitrogens with two attached hydrogens (primary N) is 2. The first-order chi connectivity index (χ1) is 4.91. The molecule has 0 aliphatic heterocycles. The van der Waals surface area contributed by atoms with E-state index >= 15 is 0 Å². The van der Waals surface area contributed by atoms with Gasteiger partial charge < -0.3 is 11.5 Å². The fourth-order valence-electron chi connectivity index (χ4n) is 0.351. The first kappa shape index (κ1) is 10.4. The normalized spacial score (nSPS) is 11.0. The minimum atomic E-state index is 0.747. The fraction of sp³-hybridized carbons (Fsp3) is 0.667. The molecule has 4 N–H and O–H groups in total. The molecule has 0 atom stereocenters. The fourth-order valence-corrected chi connectivity index (χ4v) is 1.52. The van der Waals surface area contributed by atoms with E-state index in [1.165, 1.54) is 0 Å². The van der Waals surface area contributed by atoms with Crippen LogP contribution in [0.5, 0.6) is 0 Å². The topological polar surface area (TPSA) is 52.0 Å². The summed E-state index contributed by atoms with van der Waals surface area (Å²) in [5, 5.41) is 4.13. The molecule has 4 heteroatoms. The molecule has 0 aliphatic carbocycles. The van der Waals surface area contributed by atoms with Crippen LogP contribution in [0.15, 0.2) is 10.8 Å². The molecular formula is C6H14N2S2. The third-order valence-corrected chi connectivity index (χ3v) is 2.49. The van der Waals surface area contributed by atoms with E-state index in [4.69, 9.17) is 11.5 Å². The summed E-state index contributed by atoms with van der Waals surface area (Å²) in [6, 6.07) is 0. The molecule has 2 nitrogen and oxygen atoms in total. The molecule has 0 rings (SSSR count). The molecule has 0 fully saturated rings. The van der Waals surface area contributed by atoms with Crippen molar-refractivity contribution >= 4 is 23.5 Å². The van der Waals surface area contributed by atoms with Crippen LogP contribution < -0.4 is 11.5 Å². The second-order valence-electron chi connectivity index (χ2n) is 1.59. The van der Waals surface area contributed by atoms with Crippen molar-refractivity contribution in [3.05, 3.63) is 10.8 Å². The van der Waals surface area contributed by atoms with Crippen molar-refractivity contribution in [2.45, 2.75) is 0 Å². The van der Waals surface area contributed by atoms with Crippen LogP contribution >= 0.6 is 23.5 Å². The SMILES string of the molecule is NCCS/C=C/SCCN. The average molecular weight is 178 g/mol. The maximum Gasteiger partial charge on any atom is 0.00975 e. The Morgan fingerprint density at radius 1 is 0.900 bits per heavy atom. The summed E-state index contributed by atoms with van der Waals surface area (Å²) in [4.78, 5) is 0. The molecule has 0 aromatic rings. The molecule has 0 unspecified atom stereocenters. The van der Waals surface area contributed by atoms with E-state index in [9.17, 15) is 0 Å². The average Bonchev–Trinajstić information content (AvgIpc) is 1.97. The van der Waals surface area contributed by atoms with E-state index in [-0.39, 0.29) is 0 Å². The van der Waals surface area contributed by atoms with Crippen LogP contribution in [-0.2, 0) is 0 Å². The monoisotopic (exact) mass is 178 g/mol. The van der Waals surface area contributed by atoms with Gasteiger partial charge in [-0.2, -0.15) is 0 Å². The summed E-state index contributed by atoms with van der Waals surface area (Å²) in [5.41, 5.74) is 10.6. The lowest BCUT2D eigenvalue weighted by Crippen LogP contribution is -2.00. The summed E-state index contributed by atoms with van der Waals surface area (Å²) in [7, 11) is 0. The first-order valence-electron chi connectivity index (χ1n) is 3.20. The van der Waals surface area contributed by atoms with Gasteiger partial charge in [-0.1, -0.05) is 0 Å². The summed E-state index contributed by atoms with van der Waals surface area (Å²) in [6.07, 6.45) is 0. The van der Waals surface area contributed by atoms with E-state index in [0.29, 0.717) is 0 Å². The van der Waals surface area contributed by atoms with Gasteiger partial charge in [-0.15, -0.1) is 23.5 Å². The van der Waals surface area contributed by atoms with E-state index in [1.807, 2.05) is 0 Å². The Bertz CT molecular complexity index is 75.8. The summed E-state index contributed by atoms with van der Waals surface area (Å²) in [5.74, 6) is 2.00. The highest BCUT2D eigenvalue weighted by Crippen LogP contribution is 2.06. The van der Waals surface area contributed by atoms with E-state index in [2.05, 4.69) is 10.8 Å². The van der Waals surface area contributed by atoms with Gasteiger partial charge in [-0.3, -0.25) is 0 Å².